The van der Waals surface area contributed by atoms with Crippen LogP contribution in [0.1, 0.15) is 26.2 Å². The van der Waals surface area contributed by atoms with Crippen molar-refractivity contribution < 1.29 is 19.7 Å². The molecule has 0 spiro atoms. The highest BCUT2D eigenvalue weighted by Gasteiger charge is 2.33. The van der Waals surface area contributed by atoms with Crippen molar-refractivity contribution in [1.29, 1.82) is 0 Å². The van der Waals surface area contributed by atoms with E-state index in [0.29, 0.717) is 13.0 Å². The van der Waals surface area contributed by atoms with Gasteiger partial charge in [-0.25, -0.2) is 0 Å². The summed E-state index contributed by atoms with van der Waals surface area (Å²) in [4.78, 5) is 0. The lowest BCUT2D eigenvalue weighted by atomic mass is 10.2. The zero-order valence-corrected chi connectivity index (χ0v) is 7.98. The van der Waals surface area contributed by atoms with E-state index in [1.165, 1.54) is 0 Å². The molecule has 0 amide bonds. The third kappa shape index (κ3) is 3.23. The molecule has 0 aromatic heterocycles. The Morgan fingerprint density at radius 1 is 1.54 bits per heavy atom. The van der Waals surface area contributed by atoms with E-state index in [0.717, 1.165) is 12.8 Å². The van der Waals surface area contributed by atoms with Gasteiger partial charge in [0.15, 0.2) is 6.29 Å². The van der Waals surface area contributed by atoms with Crippen LogP contribution in [0, 0.1) is 0 Å². The van der Waals surface area contributed by atoms with E-state index in [4.69, 9.17) is 14.6 Å². The normalized spacial score (nSPS) is 33.9. The van der Waals surface area contributed by atoms with Crippen LogP contribution in [-0.4, -0.2) is 41.9 Å². The Hall–Kier alpha value is -0.160. The third-order valence-corrected chi connectivity index (χ3v) is 2.17. The fourth-order valence-electron chi connectivity index (χ4n) is 1.32. The quantitative estimate of drug-likeness (QED) is 0.611. The molecule has 0 radical (unpaired) electrons. The van der Waals surface area contributed by atoms with Crippen molar-refractivity contribution >= 4 is 0 Å². The Balaban J connectivity index is 2.16. The number of hydrogen-bond acceptors (Lipinski definition) is 4. The van der Waals surface area contributed by atoms with Crippen molar-refractivity contribution in [2.75, 3.05) is 13.2 Å². The summed E-state index contributed by atoms with van der Waals surface area (Å²) in [5.74, 6) is 0. The topological polar surface area (TPSA) is 58.9 Å². The second-order valence-electron chi connectivity index (χ2n) is 3.31. The number of rotatable bonds is 5. The van der Waals surface area contributed by atoms with Gasteiger partial charge in [-0.1, -0.05) is 13.3 Å². The molecule has 0 bridgehead atoms. The Bertz CT molecular complexity index is 140. The lowest BCUT2D eigenvalue weighted by Crippen LogP contribution is -2.24. The average Bonchev–Trinajstić information content (AvgIpc) is 2.47. The lowest BCUT2D eigenvalue weighted by molar-refractivity contribution is -0.143. The molecule has 1 aliphatic heterocycles. The molecule has 0 unspecified atom stereocenters. The molecule has 1 saturated heterocycles. The van der Waals surface area contributed by atoms with Crippen LogP contribution >= 0.6 is 0 Å². The molecule has 1 rings (SSSR count). The van der Waals surface area contributed by atoms with Crippen LogP contribution < -0.4 is 0 Å². The van der Waals surface area contributed by atoms with Gasteiger partial charge in [0, 0.05) is 13.0 Å². The van der Waals surface area contributed by atoms with Gasteiger partial charge in [0.2, 0.25) is 0 Å². The van der Waals surface area contributed by atoms with E-state index in [2.05, 4.69) is 6.92 Å². The fraction of sp³-hybridized carbons (Fsp3) is 1.00. The first kappa shape index (κ1) is 10.9. The van der Waals surface area contributed by atoms with Crippen molar-refractivity contribution in [1.82, 2.24) is 0 Å². The van der Waals surface area contributed by atoms with Crippen LogP contribution in [0.5, 0.6) is 0 Å². The van der Waals surface area contributed by atoms with E-state index < -0.39 is 12.2 Å². The zero-order chi connectivity index (χ0) is 9.68. The molecule has 0 aromatic rings. The summed E-state index contributed by atoms with van der Waals surface area (Å²) in [6.45, 7) is 2.60. The van der Waals surface area contributed by atoms with Crippen LogP contribution in [-0.2, 0) is 9.47 Å². The van der Waals surface area contributed by atoms with Gasteiger partial charge in [0.1, 0.15) is 6.10 Å². The molecule has 1 heterocycles. The van der Waals surface area contributed by atoms with E-state index in [1.807, 2.05) is 0 Å². The lowest BCUT2D eigenvalue weighted by Gasteiger charge is -2.12. The van der Waals surface area contributed by atoms with Gasteiger partial charge in [-0.05, 0) is 6.42 Å². The predicted octanol–water partition coefficient (Wildman–Crippen LogP) is 0.271. The van der Waals surface area contributed by atoms with Crippen LogP contribution in [0.4, 0.5) is 0 Å². The third-order valence-electron chi connectivity index (χ3n) is 2.17. The van der Waals surface area contributed by atoms with Gasteiger partial charge in [0.05, 0.1) is 12.7 Å². The van der Waals surface area contributed by atoms with Crippen molar-refractivity contribution in [2.24, 2.45) is 0 Å². The smallest absolute Gasteiger partial charge is 0.160 e. The van der Waals surface area contributed by atoms with Crippen LogP contribution in [0.25, 0.3) is 0 Å². The van der Waals surface area contributed by atoms with Crippen molar-refractivity contribution in [3.63, 3.8) is 0 Å². The van der Waals surface area contributed by atoms with E-state index in [-0.39, 0.29) is 12.9 Å². The van der Waals surface area contributed by atoms with Gasteiger partial charge in [-0.3, -0.25) is 0 Å². The Morgan fingerprint density at radius 3 is 2.85 bits per heavy atom. The summed E-state index contributed by atoms with van der Waals surface area (Å²) in [7, 11) is 0. The van der Waals surface area contributed by atoms with E-state index >= 15 is 0 Å². The summed E-state index contributed by atoms with van der Waals surface area (Å²) in [6, 6.07) is 0. The minimum atomic E-state index is -0.586. The standard InChI is InChI=1S/C9H18O4/c1-2-3-4-12-9-5-7(11)8(6-10)13-9/h7-11H,2-6H2,1H3/t7-,8+,9-/m0/s1. The molecule has 0 saturated carbocycles. The number of aliphatic hydroxyl groups is 2. The molecule has 1 aliphatic rings. The van der Waals surface area contributed by atoms with Crippen molar-refractivity contribution in [2.45, 2.75) is 44.7 Å². The highest BCUT2D eigenvalue weighted by Crippen LogP contribution is 2.21. The Kier molecular flexibility index (Phi) is 4.66. The minimum Gasteiger partial charge on any atom is -0.394 e. The zero-order valence-electron chi connectivity index (χ0n) is 7.98. The van der Waals surface area contributed by atoms with Gasteiger partial charge in [-0.2, -0.15) is 0 Å². The van der Waals surface area contributed by atoms with Gasteiger partial charge in [0.25, 0.3) is 0 Å². The van der Waals surface area contributed by atoms with Gasteiger partial charge in [-0.15, -0.1) is 0 Å². The molecule has 3 atom stereocenters. The van der Waals surface area contributed by atoms with Crippen LogP contribution in [0.15, 0.2) is 0 Å². The molecule has 2 N–H and O–H groups in total. The highest BCUT2D eigenvalue weighted by molar-refractivity contribution is 4.77. The second-order valence-corrected chi connectivity index (χ2v) is 3.31. The largest absolute Gasteiger partial charge is 0.394 e. The van der Waals surface area contributed by atoms with Crippen molar-refractivity contribution in [3.05, 3.63) is 0 Å². The maximum absolute atomic E-state index is 9.35. The van der Waals surface area contributed by atoms with Gasteiger partial charge < -0.3 is 19.7 Å². The first-order chi connectivity index (χ1) is 6.27. The first-order valence-corrected chi connectivity index (χ1v) is 4.84. The second kappa shape index (κ2) is 5.54. The predicted molar refractivity (Wildman–Crippen MR) is 47.2 cm³/mol. The highest BCUT2D eigenvalue weighted by atomic mass is 16.7. The number of ether oxygens (including phenoxy) is 2. The molecular weight excluding hydrogens is 172 g/mol. The molecule has 1 fully saturated rings. The van der Waals surface area contributed by atoms with E-state index in [1.54, 1.807) is 0 Å². The molecule has 4 heteroatoms. The summed E-state index contributed by atoms with van der Waals surface area (Å²) in [5, 5.41) is 18.1. The maximum atomic E-state index is 9.35. The SMILES string of the molecule is CCCCO[C@@H]1C[C@H](O)[C@@H](CO)O1. The molecule has 4 nitrogen and oxygen atoms in total. The molecule has 13 heavy (non-hydrogen) atoms. The Labute approximate surface area is 78.5 Å². The average molecular weight is 190 g/mol. The van der Waals surface area contributed by atoms with Crippen LogP contribution in [0.2, 0.25) is 0 Å². The molecule has 0 aliphatic carbocycles. The summed E-state index contributed by atoms with van der Waals surface area (Å²) < 4.78 is 10.6. The summed E-state index contributed by atoms with van der Waals surface area (Å²) in [5.41, 5.74) is 0. The number of hydrogen-bond donors (Lipinski definition) is 2. The monoisotopic (exact) mass is 190 g/mol. The summed E-state index contributed by atoms with van der Waals surface area (Å²) >= 11 is 0. The minimum absolute atomic E-state index is 0.144. The van der Waals surface area contributed by atoms with Gasteiger partial charge >= 0.3 is 0 Å². The maximum Gasteiger partial charge on any atom is 0.160 e. The summed E-state index contributed by atoms with van der Waals surface area (Å²) in [6.07, 6.45) is 1.16. The molecule has 78 valence electrons. The molecular formula is C9H18O4. The number of unbranched alkanes of at least 4 members (excludes halogenated alkanes) is 1. The van der Waals surface area contributed by atoms with Crippen molar-refractivity contribution in [3.8, 4) is 0 Å². The van der Waals surface area contributed by atoms with Crippen LogP contribution in [0.3, 0.4) is 0 Å². The number of aliphatic hydroxyl groups excluding tert-OH is 2. The first-order valence-electron chi connectivity index (χ1n) is 4.84. The van der Waals surface area contributed by atoms with E-state index in [9.17, 15) is 5.11 Å². The fourth-order valence-corrected chi connectivity index (χ4v) is 1.32. The molecule has 0 aromatic carbocycles. The Morgan fingerprint density at radius 2 is 2.31 bits per heavy atom.